The Morgan fingerprint density at radius 3 is 2.18 bits per heavy atom. The molecule has 148 valence electrons. The molecule has 0 saturated heterocycles. The van der Waals surface area contributed by atoms with E-state index in [0.29, 0.717) is 6.42 Å². The quantitative estimate of drug-likeness (QED) is 0.531. The molecule has 0 aliphatic heterocycles. The maximum Gasteiger partial charge on any atom is 0.337 e. The van der Waals surface area contributed by atoms with Crippen molar-refractivity contribution in [3.8, 4) is 0 Å². The van der Waals surface area contributed by atoms with Crippen LogP contribution in [0.1, 0.15) is 32.7 Å². The van der Waals surface area contributed by atoms with Crippen LogP contribution in [0.2, 0.25) is 0 Å². The Balaban J connectivity index is 1.95. The predicted octanol–water partition coefficient (Wildman–Crippen LogP) is 2.44. The first-order chi connectivity index (χ1) is 13.4. The van der Waals surface area contributed by atoms with Crippen LogP contribution in [-0.4, -0.2) is 44.6 Å². The lowest BCUT2D eigenvalue weighted by molar-refractivity contribution is -0.147. The molecule has 0 bridgehead atoms. The van der Waals surface area contributed by atoms with E-state index >= 15 is 0 Å². The summed E-state index contributed by atoms with van der Waals surface area (Å²) in [6, 6.07) is 5.89. The smallest absolute Gasteiger partial charge is 0.337 e. The Labute approximate surface area is 165 Å². The maximum absolute atomic E-state index is 12.0. The van der Waals surface area contributed by atoms with E-state index in [0.717, 1.165) is 5.56 Å². The van der Waals surface area contributed by atoms with Crippen LogP contribution >= 0.6 is 11.3 Å². The van der Waals surface area contributed by atoms with Gasteiger partial charge in [0.25, 0.3) is 5.91 Å². The molecule has 0 aliphatic rings. The molecule has 2 aromatic rings. The number of anilines is 1. The van der Waals surface area contributed by atoms with Gasteiger partial charge in [-0.3, -0.25) is 9.59 Å². The SMILES string of the molecule is COC(=O)c1cc(NC(=O)COC(=O)CCc2ccsc2)cc(C(=O)OC)c1. The molecular weight excluding hydrogens is 386 g/mol. The third-order valence-corrected chi connectivity index (χ3v) is 4.35. The Morgan fingerprint density at radius 1 is 1.00 bits per heavy atom. The molecule has 1 heterocycles. The van der Waals surface area contributed by atoms with E-state index in [2.05, 4.69) is 14.8 Å². The number of hydrogen-bond donors (Lipinski definition) is 1. The minimum absolute atomic E-state index is 0.0634. The largest absolute Gasteiger partial charge is 0.465 e. The van der Waals surface area contributed by atoms with Crippen LogP contribution < -0.4 is 5.32 Å². The van der Waals surface area contributed by atoms with Crippen LogP contribution in [-0.2, 0) is 30.2 Å². The topological polar surface area (TPSA) is 108 Å². The standard InChI is InChI=1S/C19H19NO7S/c1-25-18(23)13-7-14(19(24)26-2)9-15(8-13)20-16(21)10-27-17(22)4-3-12-5-6-28-11-12/h5-9,11H,3-4,10H2,1-2H3,(H,20,21). The highest BCUT2D eigenvalue weighted by Gasteiger charge is 2.15. The number of aryl methyl sites for hydroxylation is 1. The number of benzene rings is 1. The van der Waals surface area contributed by atoms with Crippen LogP contribution in [0.3, 0.4) is 0 Å². The molecule has 9 heteroatoms. The maximum atomic E-state index is 12.0. The molecule has 0 radical (unpaired) electrons. The molecule has 1 N–H and O–H groups in total. The number of hydrogen-bond acceptors (Lipinski definition) is 8. The second-order valence-electron chi connectivity index (χ2n) is 5.62. The molecule has 0 aliphatic carbocycles. The van der Waals surface area contributed by atoms with Gasteiger partial charge < -0.3 is 19.5 Å². The van der Waals surface area contributed by atoms with Crippen molar-refractivity contribution >= 4 is 40.8 Å². The van der Waals surface area contributed by atoms with Crippen molar-refractivity contribution in [2.45, 2.75) is 12.8 Å². The second kappa shape index (κ2) is 10.2. The van der Waals surface area contributed by atoms with Gasteiger partial charge in [-0.2, -0.15) is 11.3 Å². The van der Waals surface area contributed by atoms with Crippen LogP contribution in [0.15, 0.2) is 35.0 Å². The van der Waals surface area contributed by atoms with Crippen molar-refractivity contribution in [2.24, 2.45) is 0 Å². The van der Waals surface area contributed by atoms with Crippen LogP contribution in [0.25, 0.3) is 0 Å². The fourth-order valence-corrected chi connectivity index (χ4v) is 2.97. The van der Waals surface area contributed by atoms with Crippen molar-refractivity contribution in [3.63, 3.8) is 0 Å². The van der Waals surface area contributed by atoms with E-state index in [1.807, 2.05) is 16.8 Å². The number of nitrogens with one attached hydrogen (secondary N) is 1. The zero-order valence-corrected chi connectivity index (χ0v) is 16.2. The Hall–Kier alpha value is -3.20. The second-order valence-corrected chi connectivity index (χ2v) is 6.40. The van der Waals surface area contributed by atoms with Crippen molar-refractivity contribution in [3.05, 3.63) is 51.7 Å². The number of methoxy groups -OCH3 is 2. The highest BCUT2D eigenvalue weighted by molar-refractivity contribution is 7.07. The lowest BCUT2D eigenvalue weighted by Gasteiger charge is -2.10. The summed E-state index contributed by atoms with van der Waals surface area (Å²) >= 11 is 1.54. The lowest BCUT2D eigenvalue weighted by Crippen LogP contribution is -2.21. The zero-order valence-electron chi connectivity index (χ0n) is 15.4. The van der Waals surface area contributed by atoms with Gasteiger partial charge >= 0.3 is 17.9 Å². The number of carbonyl (C=O) groups excluding carboxylic acids is 4. The van der Waals surface area contributed by atoms with Crippen molar-refractivity contribution in [1.29, 1.82) is 0 Å². The summed E-state index contributed by atoms with van der Waals surface area (Å²) < 4.78 is 14.2. The first-order valence-corrected chi connectivity index (χ1v) is 9.15. The number of thiophene rings is 1. The molecule has 0 unspecified atom stereocenters. The van der Waals surface area contributed by atoms with E-state index in [9.17, 15) is 19.2 Å². The van der Waals surface area contributed by atoms with Crippen molar-refractivity contribution in [2.75, 3.05) is 26.1 Å². The number of esters is 3. The molecule has 1 amide bonds. The molecule has 0 fully saturated rings. The van der Waals surface area contributed by atoms with E-state index in [4.69, 9.17) is 4.74 Å². The van der Waals surface area contributed by atoms with Crippen LogP contribution in [0.4, 0.5) is 5.69 Å². The average Bonchev–Trinajstić information content (AvgIpc) is 3.22. The average molecular weight is 405 g/mol. The highest BCUT2D eigenvalue weighted by Crippen LogP contribution is 2.17. The lowest BCUT2D eigenvalue weighted by atomic mass is 10.1. The molecular formula is C19H19NO7S. The normalized spacial score (nSPS) is 10.1. The predicted molar refractivity (Wildman–Crippen MR) is 101 cm³/mol. The van der Waals surface area contributed by atoms with Gasteiger partial charge in [0.2, 0.25) is 0 Å². The van der Waals surface area contributed by atoms with E-state index in [-0.39, 0.29) is 23.2 Å². The first kappa shape index (κ1) is 21.1. The summed E-state index contributed by atoms with van der Waals surface area (Å²) in [5.41, 5.74) is 1.32. The van der Waals surface area contributed by atoms with Gasteiger partial charge in [0.05, 0.1) is 25.3 Å². The minimum atomic E-state index is -0.680. The van der Waals surface area contributed by atoms with Gasteiger partial charge in [0.15, 0.2) is 6.61 Å². The summed E-state index contributed by atoms with van der Waals surface area (Å²) in [5, 5.41) is 6.33. The molecule has 0 saturated carbocycles. The van der Waals surface area contributed by atoms with E-state index in [1.165, 1.54) is 43.8 Å². The summed E-state index contributed by atoms with van der Waals surface area (Å²) in [6.07, 6.45) is 0.696. The Kier molecular flexibility index (Phi) is 7.70. The zero-order chi connectivity index (χ0) is 20.5. The molecule has 28 heavy (non-hydrogen) atoms. The van der Waals surface area contributed by atoms with Gasteiger partial charge in [-0.05, 0) is 47.0 Å². The first-order valence-electron chi connectivity index (χ1n) is 8.21. The van der Waals surface area contributed by atoms with Gasteiger partial charge in [0.1, 0.15) is 0 Å². The fraction of sp³-hybridized carbons (Fsp3) is 0.263. The van der Waals surface area contributed by atoms with Gasteiger partial charge in [0, 0.05) is 12.1 Å². The summed E-state index contributed by atoms with van der Waals surface area (Å²) in [7, 11) is 2.39. The molecule has 1 aromatic carbocycles. The third kappa shape index (κ3) is 6.20. The number of amides is 1. The Bertz CT molecular complexity index is 827. The number of carbonyl (C=O) groups is 4. The van der Waals surface area contributed by atoms with E-state index in [1.54, 1.807) is 0 Å². The molecule has 0 atom stereocenters. The van der Waals surface area contributed by atoms with Crippen molar-refractivity contribution in [1.82, 2.24) is 0 Å². The van der Waals surface area contributed by atoms with Crippen LogP contribution in [0, 0.1) is 0 Å². The minimum Gasteiger partial charge on any atom is -0.465 e. The van der Waals surface area contributed by atoms with Gasteiger partial charge in [-0.1, -0.05) is 0 Å². The van der Waals surface area contributed by atoms with Gasteiger partial charge in [-0.25, -0.2) is 9.59 Å². The summed E-state index contributed by atoms with van der Waals surface area (Å²) in [6.45, 7) is -0.488. The molecule has 8 nitrogen and oxygen atoms in total. The van der Waals surface area contributed by atoms with Crippen LogP contribution in [0.5, 0.6) is 0 Å². The Morgan fingerprint density at radius 2 is 1.64 bits per heavy atom. The van der Waals surface area contributed by atoms with Crippen molar-refractivity contribution < 1.29 is 33.4 Å². The monoisotopic (exact) mass is 405 g/mol. The fourth-order valence-electron chi connectivity index (χ4n) is 2.27. The number of rotatable bonds is 8. The molecule has 2 rings (SSSR count). The summed E-state index contributed by atoms with van der Waals surface area (Å²) in [4.78, 5) is 47.3. The number of ether oxygens (including phenoxy) is 3. The molecule has 1 aromatic heterocycles. The van der Waals surface area contributed by atoms with E-state index < -0.39 is 30.4 Å². The molecule has 0 spiro atoms. The third-order valence-electron chi connectivity index (χ3n) is 3.62. The summed E-state index contributed by atoms with van der Waals surface area (Å²) in [5.74, 6) is -2.47. The highest BCUT2D eigenvalue weighted by atomic mass is 32.1. The van der Waals surface area contributed by atoms with Gasteiger partial charge in [-0.15, -0.1) is 0 Å².